The van der Waals surface area contributed by atoms with E-state index in [9.17, 15) is 4.39 Å². The maximum atomic E-state index is 13.5. The predicted molar refractivity (Wildman–Crippen MR) is 84.0 cm³/mol. The normalized spacial score (nSPS) is 14.4. The Kier molecular flexibility index (Phi) is 7.01. The molecule has 0 aliphatic heterocycles. The van der Waals surface area contributed by atoms with Gasteiger partial charge in [-0.25, -0.2) is 4.39 Å². The van der Waals surface area contributed by atoms with Crippen molar-refractivity contribution in [2.75, 3.05) is 13.6 Å². The van der Waals surface area contributed by atoms with E-state index in [1.54, 1.807) is 6.07 Å². The van der Waals surface area contributed by atoms with Crippen molar-refractivity contribution in [1.29, 1.82) is 0 Å². The van der Waals surface area contributed by atoms with Crippen LogP contribution in [-0.4, -0.2) is 13.6 Å². The molecule has 1 atom stereocenters. The molecule has 108 valence electrons. The largest absolute Gasteiger partial charge is 0.319 e. The molecule has 0 aromatic heterocycles. The lowest BCUT2D eigenvalue weighted by Crippen LogP contribution is -2.34. The van der Waals surface area contributed by atoms with Gasteiger partial charge in [-0.3, -0.25) is 0 Å². The van der Waals surface area contributed by atoms with E-state index in [0.29, 0.717) is 0 Å². The van der Waals surface area contributed by atoms with Crippen LogP contribution in [0.15, 0.2) is 22.7 Å². The van der Waals surface area contributed by atoms with Crippen LogP contribution in [0.1, 0.15) is 45.1 Å². The lowest BCUT2D eigenvalue weighted by atomic mass is 9.75. The average Bonchev–Trinajstić information content (AvgIpc) is 2.35. The lowest BCUT2D eigenvalue weighted by Gasteiger charge is -2.33. The van der Waals surface area contributed by atoms with Crippen molar-refractivity contribution in [3.63, 3.8) is 0 Å². The molecule has 3 heteroatoms. The van der Waals surface area contributed by atoms with Crippen LogP contribution >= 0.6 is 15.9 Å². The van der Waals surface area contributed by atoms with Crippen LogP contribution in [-0.2, 0) is 6.42 Å². The van der Waals surface area contributed by atoms with Crippen LogP contribution in [0.5, 0.6) is 0 Å². The van der Waals surface area contributed by atoms with Gasteiger partial charge in [0.2, 0.25) is 0 Å². The Labute approximate surface area is 125 Å². The number of benzene rings is 1. The molecule has 1 aromatic rings. The highest BCUT2D eigenvalue weighted by Crippen LogP contribution is 2.33. The van der Waals surface area contributed by atoms with E-state index in [1.165, 1.54) is 25.3 Å². The van der Waals surface area contributed by atoms with Gasteiger partial charge in [-0.1, -0.05) is 42.6 Å². The maximum Gasteiger partial charge on any atom is 0.124 e. The minimum absolute atomic E-state index is 0.158. The van der Waals surface area contributed by atoms with Crippen LogP contribution in [0.25, 0.3) is 0 Å². The standard InChI is InChI=1S/C16H25BrFN/c1-4-6-7-16(5-2,12-19-3)11-13-8-14(17)10-15(18)9-13/h8-10,19H,4-7,11-12H2,1-3H3. The molecule has 1 N–H and O–H groups in total. The molecule has 0 spiro atoms. The number of halogens is 2. The number of rotatable bonds is 8. The molecule has 0 saturated carbocycles. The third kappa shape index (κ3) is 5.23. The molecule has 1 nitrogen and oxygen atoms in total. The van der Waals surface area contributed by atoms with Crippen molar-refractivity contribution in [3.8, 4) is 0 Å². The van der Waals surface area contributed by atoms with Gasteiger partial charge in [-0.2, -0.15) is 0 Å². The molecule has 0 heterocycles. The van der Waals surface area contributed by atoms with Gasteiger partial charge in [0, 0.05) is 11.0 Å². The second-order valence-electron chi connectivity index (χ2n) is 5.44. The van der Waals surface area contributed by atoms with Gasteiger partial charge in [0.15, 0.2) is 0 Å². The van der Waals surface area contributed by atoms with Crippen molar-refractivity contribution in [2.24, 2.45) is 5.41 Å². The Balaban J connectivity index is 2.91. The van der Waals surface area contributed by atoms with Gasteiger partial charge in [0.1, 0.15) is 5.82 Å². The van der Waals surface area contributed by atoms with Gasteiger partial charge in [-0.05, 0) is 55.5 Å². The van der Waals surface area contributed by atoms with Crippen molar-refractivity contribution in [1.82, 2.24) is 5.32 Å². The SMILES string of the molecule is CCCCC(CC)(CNC)Cc1cc(F)cc(Br)c1. The molecule has 1 aromatic carbocycles. The van der Waals surface area contributed by atoms with Crippen LogP contribution in [0, 0.1) is 11.2 Å². The number of nitrogens with one attached hydrogen (secondary N) is 1. The third-order valence-corrected chi connectivity index (χ3v) is 4.32. The van der Waals surface area contributed by atoms with E-state index in [-0.39, 0.29) is 11.2 Å². The molecule has 19 heavy (non-hydrogen) atoms. The third-order valence-electron chi connectivity index (χ3n) is 3.86. The first-order valence-corrected chi connectivity index (χ1v) is 7.94. The minimum atomic E-state index is -0.158. The molecule has 0 amide bonds. The fraction of sp³-hybridized carbons (Fsp3) is 0.625. The predicted octanol–water partition coefficient (Wildman–Crippen LogP) is 4.94. The highest BCUT2D eigenvalue weighted by molar-refractivity contribution is 9.10. The first-order chi connectivity index (χ1) is 9.05. The van der Waals surface area contributed by atoms with Crippen LogP contribution in [0.2, 0.25) is 0 Å². The Morgan fingerprint density at radius 3 is 2.53 bits per heavy atom. The summed E-state index contributed by atoms with van der Waals surface area (Å²) in [6.07, 6.45) is 5.67. The quantitative estimate of drug-likeness (QED) is 0.712. The number of hydrogen-bond donors (Lipinski definition) is 1. The van der Waals surface area contributed by atoms with E-state index in [2.05, 4.69) is 35.1 Å². The van der Waals surface area contributed by atoms with Crippen molar-refractivity contribution >= 4 is 15.9 Å². The molecule has 0 fully saturated rings. The summed E-state index contributed by atoms with van der Waals surface area (Å²) in [6.45, 7) is 5.44. The van der Waals surface area contributed by atoms with E-state index in [1.807, 2.05) is 13.1 Å². The Bertz CT molecular complexity index is 374. The topological polar surface area (TPSA) is 12.0 Å². The van der Waals surface area contributed by atoms with E-state index >= 15 is 0 Å². The lowest BCUT2D eigenvalue weighted by molar-refractivity contribution is 0.234. The zero-order chi connectivity index (χ0) is 14.3. The number of hydrogen-bond acceptors (Lipinski definition) is 1. The zero-order valence-corrected chi connectivity index (χ0v) is 13.8. The molecule has 1 rings (SSSR count). The Morgan fingerprint density at radius 1 is 1.26 bits per heavy atom. The summed E-state index contributed by atoms with van der Waals surface area (Å²) < 4.78 is 14.3. The van der Waals surface area contributed by atoms with E-state index < -0.39 is 0 Å². The molecule has 1 unspecified atom stereocenters. The van der Waals surface area contributed by atoms with Gasteiger partial charge in [-0.15, -0.1) is 0 Å². The molecule has 0 bridgehead atoms. The van der Waals surface area contributed by atoms with E-state index in [4.69, 9.17) is 0 Å². The van der Waals surface area contributed by atoms with E-state index in [0.717, 1.165) is 29.4 Å². The first kappa shape index (κ1) is 16.6. The smallest absolute Gasteiger partial charge is 0.124 e. The second-order valence-corrected chi connectivity index (χ2v) is 6.36. The van der Waals surface area contributed by atoms with Gasteiger partial charge < -0.3 is 5.32 Å². The van der Waals surface area contributed by atoms with Crippen LogP contribution in [0.3, 0.4) is 0 Å². The van der Waals surface area contributed by atoms with Gasteiger partial charge >= 0.3 is 0 Å². The summed E-state index contributed by atoms with van der Waals surface area (Å²) >= 11 is 3.38. The van der Waals surface area contributed by atoms with Crippen molar-refractivity contribution < 1.29 is 4.39 Å². The summed E-state index contributed by atoms with van der Waals surface area (Å²) in [4.78, 5) is 0. The summed E-state index contributed by atoms with van der Waals surface area (Å²) in [5.74, 6) is -0.158. The Morgan fingerprint density at radius 2 is 2.00 bits per heavy atom. The number of unbranched alkanes of at least 4 members (excludes halogenated alkanes) is 1. The first-order valence-electron chi connectivity index (χ1n) is 7.15. The highest BCUT2D eigenvalue weighted by atomic mass is 79.9. The summed E-state index contributed by atoms with van der Waals surface area (Å²) in [5, 5.41) is 3.31. The monoisotopic (exact) mass is 329 g/mol. The molecule has 0 aliphatic rings. The molecule has 0 radical (unpaired) electrons. The van der Waals surface area contributed by atoms with Gasteiger partial charge in [0.25, 0.3) is 0 Å². The van der Waals surface area contributed by atoms with Gasteiger partial charge in [0.05, 0.1) is 0 Å². The summed E-state index contributed by atoms with van der Waals surface area (Å²) in [6, 6.07) is 5.22. The van der Waals surface area contributed by atoms with Crippen LogP contribution in [0.4, 0.5) is 4.39 Å². The second kappa shape index (κ2) is 8.01. The summed E-state index contributed by atoms with van der Waals surface area (Å²) in [5.41, 5.74) is 1.32. The van der Waals surface area contributed by atoms with Crippen LogP contribution < -0.4 is 5.32 Å². The highest BCUT2D eigenvalue weighted by Gasteiger charge is 2.27. The zero-order valence-electron chi connectivity index (χ0n) is 12.2. The maximum absolute atomic E-state index is 13.5. The fourth-order valence-corrected chi connectivity index (χ4v) is 3.25. The fourth-order valence-electron chi connectivity index (χ4n) is 2.74. The Hall–Kier alpha value is -0.410. The molecule has 0 aliphatic carbocycles. The van der Waals surface area contributed by atoms with Crippen molar-refractivity contribution in [3.05, 3.63) is 34.1 Å². The molecule has 0 saturated heterocycles. The molecular weight excluding hydrogens is 305 g/mol. The van der Waals surface area contributed by atoms with Crippen molar-refractivity contribution in [2.45, 2.75) is 46.0 Å². The molecular formula is C16H25BrFN. The summed E-state index contributed by atoms with van der Waals surface area (Å²) in [7, 11) is 2.00. The minimum Gasteiger partial charge on any atom is -0.319 e. The average molecular weight is 330 g/mol.